The maximum Gasteiger partial charge on any atom is 0.124 e. The van der Waals surface area contributed by atoms with Crippen LogP contribution in [-0.2, 0) is 6.42 Å². The number of hydrogen-bond acceptors (Lipinski definition) is 4. The van der Waals surface area contributed by atoms with Crippen LogP contribution in [0, 0.1) is 12.7 Å². The predicted molar refractivity (Wildman–Crippen MR) is 78.9 cm³/mol. The fourth-order valence-electron chi connectivity index (χ4n) is 2.03. The molecule has 0 aliphatic carbocycles. The number of nitrogens with zero attached hydrogens (tertiary/aromatic N) is 2. The molecule has 2 aromatic rings. The van der Waals surface area contributed by atoms with Crippen LogP contribution in [-0.4, -0.2) is 16.1 Å². The lowest BCUT2D eigenvalue weighted by Crippen LogP contribution is -2.22. The molecule has 0 bridgehead atoms. The number of likely N-dealkylation sites (N-methyl/N-ethyl adjacent to an activating group) is 1. The monoisotopic (exact) mass is 343 g/mol. The van der Waals surface area contributed by atoms with Crippen LogP contribution >= 0.6 is 27.5 Å². The second kappa shape index (κ2) is 6.54. The van der Waals surface area contributed by atoms with E-state index in [1.54, 1.807) is 6.07 Å². The van der Waals surface area contributed by atoms with E-state index in [1.807, 2.05) is 13.0 Å². The normalized spacial score (nSPS) is 12.6. The fourth-order valence-corrected chi connectivity index (χ4v) is 3.26. The summed E-state index contributed by atoms with van der Waals surface area (Å²) in [6.45, 7) is 4.85. The average Bonchev–Trinajstić information content (AvgIpc) is 2.73. The van der Waals surface area contributed by atoms with Crippen molar-refractivity contribution < 1.29 is 4.39 Å². The summed E-state index contributed by atoms with van der Waals surface area (Å²) in [7, 11) is 0. The molecule has 1 atom stereocenters. The SMILES string of the molecule is CCNC(Cc1cc(F)cc(Br)c1)c1snnc1C. The van der Waals surface area contributed by atoms with E-state index < -0.39 is 0 Å². The van der Waals surface area contributed by atoms with Gasteiger partial charge in [-0.1, -0.05) is 27.3 Å². The van der Waals surface area contributed by atoms with Crippen LogP contribution in [0.3, 0.4) is 0 Å². The first-order valence-electron chi connectivity index (χ1n) is 6.07. The Balaban J connectivity index is 2.23. The maximum absolute atomic E-state index is 13.4. The third-order valence-electron chi connectivity index (χ3n) is 2.82. The minimum absolute atomic E-state index is 0.124. The quantitative estimate of drug-likeness (QED) is 0.900. The molecule has 3 nitrogen and oxygen atoms in total. The molecule has 6 heteroatoms. The molecule has 19 heavy (non-hydrogen) atoms. The molecule has 1 aromatic carbocycles. The highest BCUT2D eigenvalue weighted by molar-refractivity contribution is 9.10. The summed E-state index contributed by atoms with van der Waals surface area (Å²) in [6, 6.07) is 5.10. The van der Waals surface area contributed by atoms with Gasteiger partial charge < -0.3 is 5.32 Å². The van der Waals surface area contributed by atoms with Gasteiger partial charge in [-0.15, -0.1) is 5.10 Å². The van der Waals surface area contributed by atoms with Gasteiger partial charge in [0, 0.05) is 10.5 Å². The molecular weight excluding hydrogens is 329 g/mol. The third kappa shape index (κ3) is 3.81. The van der Waals surface area contributed by atoms with Crippen molar-refractivity contribution in [2.24, 2.45) is 0 Å². The van der Waals surface area contributed by atoms with Gasteiger partial charge in [0.15, 0.2) is 0 Å². The molecule has 1 N–H and O–H groups in total. The Bertz CT molecular complexity index is 538. The molecule has 0 spiro atoms. The van der Waals surface area contributed by atoms with Gasteiger partial charge in [0.1, 0.15) is 5.82 Å². The number of aromatic nitrogens is 2. The first-order valence-corrected chi connectivity index (χ1v) is 7.64. The second-order valence-corrected chi connectivity index (χ2v) is 6.02. The van der Waals surface area contributed by atoms with Crippen molar-refractivity contribution in [1.29, 1.82) is 0 Å². The van der Waals surface area contributed by atoms with Gasteiger partial charge in [-0.3, -0.25) is 0 Å². The Morgan fingerprint density at radius 2 is 2.21 bits per heavy atom. The lowest BCUT2D eigenvalue weighted by atomic mass is 10.0. The van der Waals surface area contributed by atoms with Gasteiger partial charge in [0.05, 0.1) is 10.6 Å². The Labute approximate surface area is 124 Å². The molecule has 0 amide bonds. The predicted octanol–water partition coefficient (Wildman–Crippen LogP) is 3.64. The Hall–Kier alpha value is -0.850. The van der Waals surface area contributed by atoms with Crippen LogP contribution in [0.2, 0.25) is 0 Å². The summed E-state index contributed by atoms with van der Waals surface area (Å²) in [4.78, 5) is 1.11. The van der Waals surface area contributed by atoms with Gasteiger partial charge in [-0.05, 0) is 55.2 Å². The van der Waals surface area contributed by atoms with E-state index in [2.05, 4.69) is 37.8 Å². The summed E-state index contributed by atoms with van der Waals surface area (Å²) < 4.78 is 18.1. The van der Waals surface area contributed by atoms with Gasteiger partial charge >= 0.3 is 0 Å². The molecule has 0 saturated heterocycles. The van der Waals surface area contributed by atoms with Gasteiger partial charge in [0.2, 0.25) is 0 Å². The van der Waals surface area contributed by atoms with E-state index in [1.165, 1.54) is 17.6 Å². The summed E-state index contributed by atoms with van der Waals surface area (Å²) in [5.41, 5.74) is 1.89. The van der Waals surface area contributed by atoms with E-state index in [9.17, 15) is 4.39 Å². The Morgan fingerprint density at radius 3 is 2.79 bits per heavy atom. The van der Waals surface area contributed by atoms with Crippen molar-refractivity contribution in [3.8, 4) is 0 Å². The first-order chi connectivity index (χ1) is 9.10. The number of nitrogens with one attached hydrogen (secondary N) is 1. The van der Waals surface area contributed by atoms with Crippen molar-refractivity contribution in [3.63, 3.8) is 0 Å². The van der Waals surface area contributed by atoms with Crippen molar-refractivity contribution in [2.45, 2.75) is 26.3 Å². The topological polar surface area (TPSA) is 37.8 Å². The highest BCUT2D eigenvalue weighted by atomic mass is 79.9. The second-order valence-electron chi connectivity index (χ2n) is 4.31. The minimum Gasteiger partial charge on any atom is -0.309 e. The van der Waals surface area contributed by atoms with Crippen molar-refractivity contribution in [1.82, 2.24) is 14.9 Å². The molecule has 0 fully saturated rings. The highest BCUT2D eigenvalue weighted by Gasteiger charge is 2.17. The van der Waals surface area contributed by atoms with Crippen LogP contribution in [0.15, 0.2) is 22.7 Å². The summed E-state index contributed by atoms with van der Waals surface area (Å²) in [5.74, 6) is -0.223. The van der Waals surface area contributed by atoms with Gasteiger partial charge in [0.25, 0.3) is 0 Å². The molecule has 1 aromatic heterocycles. The van der Waals surface area contributed by atoms with Crippen molar-refractivity contribution in [3.05, 3.63) is 44.6 Å². The molecular formula is C13H15BrFN3S. The van der Waals surface area contributed by atoms with E-state index in [4.69, 9.17) is 0 Å². The van der Waals surface area contributed by atoms with Crippen molar-refractivity contribution >= 4 is 27.5 Å². The molecule has 0 saturated carbocycles. The third-order valence-corrected chi connectivity index (χ3v) is 4.21. The van der Waals surface area contributed by atoms with Crippen LogP contribution in [0.4, 0.5) is 4.39 Å². The number of rotatable bonds is 5. The molecule has 0 aliphatic heterocycles. The lowest BCUT2D eigenvalue weighted by molar-refractivity contribution is 0.551. The van der Waals surface area contributed by atoms with Crippen LogP contribution in [0.5, 0.6) is 0 Å². The Kier molecular flexibility index (Phi) is 5.01. The van der Waals surface area contributed by atoms with Gasteiger partial charge in [-0.25, -0.2) is 4.39 Å². The fraction of sp³-hybridized carbons (Fsp3) is 0.385. The molecule has 1 heterocycles. The van der Waals surface area contributed by atoms with E-state index in [-0.39, 0.29) is 11.9 Å². The number of aryl methyl sites for hydroxylation is 1. The molecule has 102 valence electrons. The Morgan fingerprint density at radius 1 is 1.42 bits per heavy atom. The molecule has 2 rings (SSSR count). The van der Waals surface area contributed by atoms with E-state index in [0.29, 0.717) is 0 Å². The lowest BCUT2D eigenvalue weighted by Gasteiger charge is -2.16. The minimum atomic E-state index is -0.223. The zero-order valence-corrected chi connectivity index (χ0v) is 13.2. The summed E-state index contributed by atoms with van der Waals surface area (Å²) in [5, 5.41) is 7.45. The summed E-state index contributed by atoms with van der Waals surface area (Å²) in [6.07, 6.45) is 0.717. The molecule has 0 radical (unpaired) electrons. The molecule has 1 unspecified atom stereocenters. The van der Waals surface area contributed by atoms with E-state index in [0.717, 1.165) is 33.6 Å². The standard InChI is InChI=1S/C13H15BrFN3S/c1-3-16-12(13-8(2)17-18-19-13)6-9-4-10(14)7-11(15)5-9/h4-5,7,12,16H,3,6H2,1-2H3. The summed E-state index contributed by atoms with van der Waals surface area (Å²) >= 11 is 4.72. The first kappa shape index (κ1) is 14.6. The number of halogens is 2. The smallest absolute Gasteiger partial charge is 0.124 e. The zero-order chi connectivity index (χ0) is 13.8. The number of benzene rings is 1. The zero-order valence-electron chi connectivity index (χ0n) is 10.8. The number of hydrogen-bond donors (Lipinski definition) is 1. The van der Waals surface area contributed by atoms with E-state index >= 15 is 0 Å². The van der Waals surface area contributed by atoms with Crippen LogP contribution in [0.25, 0.3) is 0 Å². The maximum atomic E-state index is 13.4. The average molecular weight is 344 g/mol. The molecule has 0 aliphatic rings. The van der Waals surface area contributed by atoms with Crippen LogP contribution in [0.1, 0.15) is 29.1 Å². The van der Waals surface area contributed by atoms with Crippen molar-refractivity contribution in [2.75, 3.05) is 6.54 Å². The van der Waals surface area contributed by atoms with Gasteiger partial charge in [-0.2, -0.15) is 0 Å². The van der Waals surface area contributed by atoms with Crippen LogP contribution < -0.4 is 5.32 Å². The highest BCUT2D eigenvalue weighted by Crippen LogP contribution is 2.25. The largest absolute Gasteiger partial charge is 0.309 e.